The van der Waals surface area contributed by atoms with E-state index in [0.717, 1.165) is 25.7 Å². The first-order valence-corrected chi connectivity index (χ1v) is 6.10. The van der Waals surface area contributed by atoms with Gasteiger partial charge in [-0.25, -0.2) is 0 Å². The van der Waals surface area contributed by atoms with Crippen molar-refractivity contribution in [3.8, 4) is 0 Å². The smallest absolute Gasteiger partial charge is 0.226 e. The zero-order valence-corrected chi connectivity index (χ0v) is 10.3. The molecule has 1 unspecified atom stereocenters. The molecule has 0 heterocycles. The number of hydrogen-bond donors (Lipinski definition) is 2. The molecule has 0 bridgehead atoms. The summed E-state index contributed by atoms with van der Waals surface area (Å²) < 4.78 is 4.82. The predicted octanol–water partition coefficient (Wildman–Crippen LogP) is 1.08. The largest absolute Gasteiger partial charge is 0.391 e. The molecule has 1 aliphatic carbocycles. The Morgan fingerprint density at radius 1 is 1.56 bits per heavy atom. The first kappa shape index (κ1) is 13.5. The molecule has 1 saturated carbocycles. The molecule has 0 saturated heterocycles. The highest BCUT2D eigenvalue weighted by molar-refractivity contribution is 5.83. The summed E-state index contributed by atoms with van der Waals surface area (Å²) in [5.41, 5.74) is -0.105. The maximum absolute atomic E-state index is 11.9. The van der Waals surface area contributed by atoms with Crippen LogP contribution in [0.5, 0.6) is 0 Å². The van der Waals surface area contributed by atoms with Gasteiger partial charge >= 0.3 is 0 Å². The highest BCUT2D eigenvalue weighted by atomic mass is 16.5. The second-order valence-electron chi connectivity index (χ2n) is 4.64. The van der Waals surface area contributed by atoms with Crippen LogP contribution in [0.25, 0.3) is 0 Å². The predicted molar refractivity (Wildman–Crippen MR) is 62.1 cm³/mol. The number of methoxy groups -OCH3 is 1. The lowest BCUT2D eigenvalue weighted by Crippen LogP contribution is -2.46. The van der Waals surface area contributed by atoms with Crippen LogP contribution in [0.1, 0.15) is 39.0 Å². The molecule has 0 aromatic rings. The third-order valence-electron chi connectivity index (χ3n) is 3.59. The van der Waals surface area contributed by atoms with Crippen LogP contribution in [0.15, 0.2) is 0 Å². The molecule has 0 spiro atoms. The van der Waals surface area contributed by atoms with Crippen molar-refractivity contribution < 1.29 is 14.6 Å². The molecule has 0 aromatic heterocycles. The number of aliphatic hydroxyl groups excluding tert-OH is 1. The van der Waals surface area contributed by atoms with Crippen molar-refractivity contribution in [3.05, 3.63) is 0 Å². The minimum absolute atomic E-state index is 0.105. The molecule has 0 radical (unpaired) electrons. The second-order valence-corrected chi connectivity index (χ2v) is 4.64. The number of ether oxygens (including phenoxy) is 1. The van der Waals surface area contributed by atoms with Gasteiger partial charge in [0.1, 0.15) is 0 Å². The van der Waals surface area contributed by atoms with Gasteiger partial charge in [0.15, 0.2) is 0 Å². The summed E-state index contributed by atoms with van der Waals surface area (Å²) in [6.45, 7) is 2.93. The van der Waals surface area contributed by atoms with Crippen molar-refractivity contribution in [2.24, 2.45) is 5.41 Å². The Kier molecular flexibility index (Phi) is 5.22. The van der Waals surface area contributed by atoms with Gasteiger partial charge < -0.3 is 15.2 Å². The molecule has 1 atom stereocenters. The van der Waals surface area contributed by atoms with E-state index in [1.54, 1.807) is 7.11 Å². The van der Waals surface area contributed by atoms with Crippen molar-refractivity contribution in [3.63, 3.8) is 0 Å². The van der Waals surface area contributed by atoms with E-state index >= 15 is 0 Å². The summed E-state index contributed by atoms with van der Waals surface area (Å²) in [4.78, 5) is 11.9. The van der Waals surface area contributed by atoms with E-state index in [9.17, 15) is 9.90 Å². The lowest BCUT2D eigenvalue weighted by atomic mass is 9.66. The van der Waals surface area contributed by atoms with Crippen molar-refractivity contribution in [2.45, 2.75) is 45.1 Å². The molecule has 2 N–H and O–H groups in total. The van der Waals surface area contributed by atoms with Crippen molar-refractivity contribution in [1.29, 1.82) is 0 Å². The van der Waals surface area contributed by atoms with Crippen LogP contribution >= 0.6 is 0 Å². The average molecular weight is 229 g/mol. The molecule has 1 rings (SSSR count). The van der Waals surface area contributed by atoms with Gasteiger partial charge in [0, 0.05) is 19.1 Å². The van der Waals surface area contributed by atoms with Crippen LogP contribution in [-0.4, -0.2) is 37.4 Å². The minimum Gasteiger partial charge on any atom is -0.391 e. The Balaban J connectivity index is 2.19. The van der Waals surface area contributed by atoms with Crippen LogP contribution < -0.4 is 5.32 Å². The molecular weight excluding hydrogens is 206 g/mol. The lowest BCUT2D eigenvalue weighted by molar-refractivity contribution is -0.136. The SMILES string of the molecule is CCC1(C(=O)NCCC(O)COC)CCC1. The van der Waals surface area contributed by atoms with Gasteiger partial charge in [0.25, 0.3) is 0 Å². The third-order valence-corrected chi connectivity index (χ3v) is 3.59. The summed E-state index contributed by atoms with van der Waals surface area (Å²) in [5, 5.41) is 12.3. The first-order valence-electron chi connectivity index (χ1n) is 6.10. The molecule has 1 aliphatic rings. The summed E-state index contributed by atoms with van der Waals surface area (Å²) >= 11 is 0. The zero-order chi connectivity index (χ0) is 12.0. The van der Waals surface area contributed by atoms with E-state index in [1.807, 2.05) is 0 Å². The average Bonchev–Trinajstić information content (AvgIpc) is 2.17. The highest BCUT2D eigenvalue weighted by Gasteiger charge is 2.41. The Morgan fingerprint density at radius 3 is 2.69 bits per heavy atom. The van der Waals surface area contributed by atoms with E-state index in [1.165, 1.54) is 0 Å². The standard InChI is InChI=1S/C12H23NO3/c1-3-12(6-4-7-12)11(15)13-8-5-10(14)9-16-2/h10,14H,3-9H2,1-2H3,(H,13,15). The minimum atomic E-state index is -0.482. The Labute approximate surface area is 97.4 Å². The van der Waals surface area contributed by atoms with Gasteiger partial charge in [0.2, 0.25) is 5.91 Å². The van der Waals surface area contributed by atoms with Gasteiger partial charge in [-0.3, -0.25) is 4.79 Å². The normalized spacial score (nSPS) is 19.9. The van der Waals surface area contributed by atoms with Gasteiger partial charge in [-0.2, -0.15) is 0 Å². The maximum Gasteiger partial charge on any atom is 0.226 e. The van der Waals surface area contributed by atoms with Crippen LogP contribution in [0.2, 0.25) is 0 Å². The van der Waals surface area contributed by atoms with Crippen LogP contribution in [0.4, 0.5) is 0 Å². The number of nitrogens with one attached hydrogen (secondary N) is 1. The Morgan fingerprint density at radius 2 is 2.25 bits per heavy atom. The fourth-order valence-corrected chi connectivity index (χ4v) is 2.16. The molecule has 0 aliphatic heterocycles. The van der Waals surface area contributed by atoms with E-state index in [2.05, 4.69) is 12.2 Å². The Hall–Kier alpha value is -0.610. The summed E-state index contributed by atoms with van der Waals surface area (Å²) in [6, 6.07) is 0. The van der Waals surface area contributed by atoms with Gasteiger partial charge in [-0.05, 0) is 25.7 Å². The van der Waals surface area contributed by atoms with Crippen molar-refractivity contribution in [2.75, 3.05) is 20.3 Å². The third kappa shape index (κ3) is 3.19. The van der Waals surface area contributed by atoms with Crippen LogP contribution in [0.3, 0.4) is 0 Å². The molecule has 1 amide bonds. The number of carbonyl (C=O) groups excluding carboxylic acids is 1. The summed E-state index contributed by atoms with van der Waals surface area (Å²) in [7, 11) is 1.56. The number of aliphatic hydroxyl groups is 1. The van der Waals surface area contributed by atoms with E-state index in [-0.39, 0.29) is 11.3 Å². The van der Waals surface area contributed by atoms with E-state index < -0.39 is 6.10 Å². The fraction of sp³-hybridized carbons (Fsp3) is 0.917. The number of amides is 1. The van der Waals surface area contributed by atoms with Crippen molar-refractivity contribution in [1.82, 2.24) is 5.32 Å². The topological polar surface area (TPSA) is 58.6 Å². The van der Waals surface area contributed by atoms with Crippen LogP contribution in [0, 0.1) is 5.41 Å². The molecule has 0 aromatic carbocycles. The van der Waals surface area contributed by atoms with Gasteiger partial charge in [-0.1, -0.05) is 13.3 Å². The second kappa shape index (κ2) is 6.21. The van der Waals surface area contributed by atoms with Crippen molar-refractivity contribution >= 4 is 5.91 Å². The van der Waals surface area contributed by atoms with E-state index in [0.29, 0.717) is 19.6 Å². The number of carbonyl (C=O) groups is 1. The molecule has 1 fully saturated rings. The number of rotatable bonds is 7. The molecular formula is C12H23NO3. The molecule has 4 heteroatoms. The fourth-order valence-electron chi connectivity index (χ4n) is 2.16. The quantitative estimate of drug-likeness (QED) is 0.687. The summed E-state index contributed by atoms with van der Waals surface area (Å²) in [5.74, 6) is 0.158. The van der Waals surface area contributed by atoms with Crippen LogP contribution in [-0.2, 0) is 9.53 Å². The Bertz CT molecular complexity index is 221. The van der Waals surface area contributed by atoms with E-state index in [4.69, 9.17) is 4.74 Å². The first-order chi connectivity index (χ1) is 7.64. The molecule has 94 valence electrons. The molecule has 4 nitrogen and oxygen atoms in total. The highest BCUT2D eigenvalue weighted by Crippen LogP contribution is 2.43. The summed E-state index contributed by atoms with van der Waals surface area (Å²) in [6.07, 6.45) is 4.17. The van der Waals surface area contributed by atoms with Gasteiger partial charge in [0.05, 0.1) is 12.7 Å². The monoisotopic (exact) mass is 229 g/mol. The zero-order valence-electron chi connectivity index (χ0n) is 10.3. The maximum atomic E-state index is 11.9. The molecule has 16 heavy (non-hydrogen) atoms. The lowest BCUT2D eigenvalue weighted by Gasteiger charge is -2.39. The number of hydrogen-bond acceptors (Lipinski definition) is 3. The van der Waals surface area contributed by atoms with Gasteiger partial charge in [-0.15, -0.1) is 0 Å².